The summed E-state index contributed by atoms with van der Waals surface area (Å²) in [5.41, 5.74) is 0. The van der Waals surface area contributed by atoms with Crippen molar-refractivity contribution < 1.29 is 14.3 Å². The topological polar surface area (TPSA) is 47.6 Å². The molecule has 1 aromatic rings. The molecule has 2 aliphatic carbocycles. The maximum absolute atomic E-state index is 12.0. The molecule has 2 aliphatic rings. The van der Waals surface area contributed by atoms with Crippen LogP contribution in [0.4, 0.5) is 0 Å². The van der Waals surface area contributed by atoms with Gasteiger partial charge in [0.2, 0.25) is 5.91 Å². The van der Waals surface area contributed by atoms with Gasteiger partial charge in [-0.3, -0.25) is 4.79 Å². The number of carbonyl (C=O) groups excluding carboxylic acids is 1. The number of benzene rings is 1. The lowest BCUT2D eigenvalue weighted by Crippen LogP contribution is -2.30. The van der Waals surface area contributed by atoms with Crippen molar-refractivity contribution in [3.05, 3.63) is 24.3 Å². The number of hydrogen-bond donors (Lipinski definition) is 1. The Morgan fingerprint density at radius 2 is 1.95 bits per heavy atom. The molecule has 1 aromatic carbocycles. The molecule has 0 spiro atoms. The van der Waals surface area contributed by atoms with Crippen LogP contribution in [0.5, 0.6) is 11.5 Å². The maximum Gasteiger partial charge on any atom is 0.220 e. The number of nitrogens with one attached hydrogen (secondary N) is 1. The minimum Gasteiger partial charge on any atom is -0.497 e. The summed E-state index contributed by atoms with van der Waals surface area (Å²) in [5, 5.41) is 2.97. The van der Waals surface area contributed by atoms with Crippen LogP contribution in [0.3, 0.4) is 0 Å². The van der Waals surface area contributed by atoms with Crippen molar-refractivity contribution in [2.75, 3.05) is 20.3 Å². The minimum atomic E-state index is 0.177. The van der Waals surface area contributed by atoms with Crippen LogP contribution in [-0.4, -0.2) is 26.2 Å². The van der Waals surface area contributed by atoms with E-state index in [1.54, 1.807) is 7.11 Å². The lowest BCUT2D eigenvalue weighted by molar-refractivity contribution is -0.122. The van der Waals surface area contributed by atoms with E-state index in [1.807, 2.05) is 24.3 Å². The molecule has 4 heteroatoms. The molecule has 0 aromatic heterocycles. The van der Waals surface area contributed by atoms with Crippen LogP contribution in [0.1, 0.15) is 32.1 Å². The molecule has 1 N–H and O–H groups in total. The van der Waals surface area contributed by atoms with Gasteiger partial charge in [-0.25, -0.2) is 0 Å². The first-order valence-corrected chi connectivity index (χ1v) is 8.28. The van der Waals surface area contributed by atoms with Gasteiger partial charge in [-0.1, -0.05) is 6.42 Å². The average molecular weight is 303 g/mol. The highest BCUT2D eigenvalue weighted by Gasteiger charge is 2.39. The Bertz CT molecular complexity index is 500. The third-order valence-electron chi connectivity index (χ3n) is 5.08. The van der Waals surface area contributed by atoms with Crippen molar-refractivity contribution in [2.24, 2.45) is 17.8 Å². The van der Waals surface area contributed by atoms with Crippen molar-refractivity contribution in [1.82, 2.24) is 5.32 Å². The van der Waals surface area contributed by atoms with Gasteiger partial charge >= 0.3 is 0 Å². The zero-order valence-electron chi connectivity index (χ0n) is 13.2. The molecular weight excluding hydrogens is 278 g/mol. The molecule has 0 saturated heterocycles. The second-order valence-corrected chi connectivity index (χ2v) is 6.51. The molecule has 120 valence electrons. The Kier molecular flexibility index (Phi) is 4.86. The van der Waals surface area contributed by atoms with Gasteiger partial charge in [0, 0.05) is 6.42 Å². The predicted octanol–water partition coefficient (Wildman–Crippen LogP) is 3.02. The molecule has 1 amide bonds. The molecule has 4 nitrogen and oxygen atoms in total. The van der Waals surface area contributed by atoms with Gasteiger partial charge < -0.3 is 14.8 Å². The van der Waals surface area contributed by atoms with Gasteiger partial charge in [-0.15, -0.1) is 0 Å². The minimum absolute atomic E-state index is 0.177. The number of rotatable bonds is 7. The maximum atomic E-state index is 12.0. The third kappa shape index (κ3) is 3.73. The lowest BCUT2D eigenvalue weighted by Gasteiger charge is -2.20. The number of amides is 1. The fraction of sp³-hybridized carbons (Fsp3) is 0.611. The van der Waals surface area contributed by atoms with Crippen LogP contribution < -0.4 is 14.8 Å². The van der Waals surface area contributed by atoms with Gasteiger partial charge in [0.25, 0.3) is 0 Å². The number of fused-ring (bicyclic) bond motifs is 2. The van der Waals surface area contributed by atoms with E-state index in [0.717, 1.165) is 23.3 Å². The first-order valence-electron chi connectivity index (χ1n) is 8.28. The Morgan fingerprint density at radius 1 is 1.18 bits per heavy atom. The highest BCUT2D eigenvalue weighted by Crippen LogP contribution is 2.49. The standard InChI is InChI=1S/C18H25NO3/c1-21-16-4-6-17(7-5-16)22-9-8-19-18(20)12-15-11-13-2-3-14(15)10-13/h4-7,13-15H,2-3,8-12H2,1H3,(H,19,20)/t13-,14+,15+/m0/s1. The molecule has 3 rings (SSSR count). The van der Waals surface area contributed by atoms with Crippen molar-refractivity contribution in [3.8, 4) is 11.5 Å². The average Bonchev–Trinajstić information content (AvgIpc) is 3.15. The summed E-state index contributed by atoms with van der Waals surface area (Å²) >= 11 is 0. The molecule has 0 unspecified atom stereocenters. The molecular formula is C18H25NO3. The Labute approximate surface area is 132 Å². The van der Waals surface area contributed by atoms with E-state index in [1.165, 1.54) is 25.7 Å². The molecule has 3 atom stereocenters. The van der Waals surface area contributed by atoms with E-state index in [4.69, 9.17) is 9.47 Å². The summed E-state index contributed by atoms with van der Waals surface area (Å²) in [7, 11) is 1.64. The van der Waals surface area contributed by atoms with Crippen LogP contribution >= 0.6 is 0 Å². The molecule has 2 saturated carbocycles. The molecule has 0 radical (unpaired) electrons. The number of carbonyl (C=O) groups is 1. The molecule has 0 heterocycles. The summed E-state index contributed by atoms with van der Waals surface area (Å²) in [6.45, 7) is 1.06. The van der Waals surface area contributed by atoms with Gasteiger partial charge in [0.1, 0.15) is 18.1 Å². The van der Waals surface area contributed by atoms with E-state index in [9.17, 15) is 4.79 Å². The van der Waals surface area contributed by atoms with Crippen molar-refractivity contribution in [3.63, 3.8) is 0 Å². The first kappa shape index (κ1) is 15.2. The van der Waals surface area contributed by atoms with Crippen LogP contribution in [0.2, 0.25) is 0 Å². The number of ether oxygens (including phenoxy) is 2. The van der Waals surface area contributed by atoms with Gasteiger partial charge in [0.05, 0.1) is 13.7 Å². The smallest absolute Gasteiger partial charge is 0.220 e. The van der Waals surface area contributed by atoms with E-state index in [-0.39, 0.29) is 5.91 Å². The van der Waals surface area contributed by atoms with E-state index < -0.39 is 0 Å². The van der Waals surface area contributed by atoms with Gasteiger partial charge in [0.15, 0.2) is 0 Å². The Balaban J connectivity index is 1.31. The molecule has 2 fully saturated rings. The van der Waals surface area contributed by atoms with Crippen LogP contribution in [0.15, 0.2) is 24.3 Å². The van der Waals surface area contributed by atoms with Crippen molar-refractivity contribution >= 4 is 5.91 Å². The third-order valence-corrected chi connectivity index (χ3v) is 5.08. The SMILES string of the molecule is COc1ccc(OCCNC(=O)C[C@H]2C[C@H]3CC[C@@H]2C3)cc1. The highest BCUT2D eigenvalue weighted by molar-refractivity contribution is 5.76. The summed E-state index contributed by atoms with van der Waals surface area (Å²) in [5.74, 6) is 4.12. The molecule has 22 heavy (non-hydrogen) atoms. The Hall–Kier alpha value is -1.71. The quantitative estimate of drug-likeness (QED) is 0.788. The van der Waals surface area contributed by atoms with Crippen molar-refractivity contribution in [2.45, 2.75) is 32.1 Å². The predicted molar refractivity (Wildman–Crippen MR) is 85.1 cm³/mol. The van der Waals surface area contributed by atoms with Crippen LogP contribution in [0.25, 0.3) is 0 Å². The lowest BCUT2D eigenvalue weighted by atomic mass is 9.86. The van der Waals surface area contributed by atoms with E-state index in [0.29, 0.717) is 25.5 Å². The summed E-state index contributed by atoms with van der Waals surface area (Å²) in [6, 6.07) is 7.47. The van der Waals surface area contributed by atoms with Crippen LogP contribution in [0, 0.1) is 17.8 Å². The first-order chi connectivity index (χ1) is 10.7. The highest BCUT2D eigenvalue weighted by atomic mass is 16.5. The molecule has 2 bridgehead atoms. The second-order valence-electron chi connectivity index (χ2n) is 6.51. The number of hydrogen-bond acceptors (Lipinski definition) is 3. The van der Waals surface area contributed by atoms with Crippen molar-refractivity contribution in [1.29, 1.82) is 0 Å². The van der Waals surface area contributed by atoms with Crippen LogP contribution in [-0.2, 0) is 4.79 Å². The largest absolute Gasteiger partial charge is 0.497 e. The fourth-order valence-electron chi connectivity index (χ4n) is 3.97. The Morgan fingerprint density at radius 3 is 2.59 bits per heavy atom. The normalized spacial score (nSPS) is 26.0. The van der Waals surface area contributed by atoms with E-state index >= 15 is 0 Å². The monoisotopic (exact) mass is 303 g/mol. The zero-order chi connectivity index (χ0) is 15.4. The number of methoxy groups -OCH3 is 1. The van der Waals surface area contributed by atoms with E-state index in [2.05, 4.69) is 5.32 Å². The second kappa shape index (κ2) is 7.03. The van der Waals surface area contributed by atoms with Gasteiger partial charge in [-0.05, 0) is 61.3 Å². The van der Waals surface area contributed by atoms with Gasteiger partial charge in [-0.2, -0.15) is 0 Å². The summed E-state index contributed by atoms with van der Waals surface area (Å²) < 4.78 is 10.7. The zero-order valence-corrected chi connectivity index (χ0v) is 13.2. The fourth-order valence-corrected chi connectivity index (χ4v) is 3.97. The molecule has 0 aliphatic heterocycles. The summed E-state index contributed by atoms with van der Waals surface area (Å²) in [6.07, 6.45) is 6.05. The summed E-state index contributed by atoms with van der Waals surface area (Å²) in [4.78, 5) is 12.0.